The molecule has 0 nitrogen and oxygen atoms in total. The lowest BCUT2D eigenvalue weighted by Gasteiger charge is -2.01. The van der Waals surface area contributed by atoms with Gasteiger partial charge in [-0.2, -0.15) is 0 Å². The summed E-state index contributed by atoms with van der Waals surface area (Å²) in [6.45, 7) is 10.2. The Morgan fingerprint density at radius 2 is 2.09 bits per heavy atom. The third kappa shape index (κ3) is 5.72. The lowest BCUT2D eigenvalue weighted by molar-refractivity contribution is 1.06. The Labute approximate surface area is 70.9 Å². The van der Waals surface area contributed by atoms with Crippen LogP contribution in [0.15, 0.2) is 36.4 Å². The molecule has 0 aliphatic carbocycles. The monoisotopic (exact) mass is 148 g/mol. The fourth-order valence-electron chi connectivity index (χ4n) is 0.911. The average molecular weight is 148 g/mol. The van der Waals surface area contributed by atoms with Crippen molar-refractivity contribution in [2.24, 2.45) is 0 Å². The van der Waals surface area contributed by atoms with Crippen molar-refractivity contribution in [3.8, 4) is 0 Å². The minimum Gasteiger partial charge on any atom is -0.0996 e. The molecule has 0 aliphatic rings. The largest absolute Gasteiger partial charge is 0.160 e. The number of rotatable bonds is 4. The summed E-state index contributed by atoms with van der Waals surface area (Å²) < 4.78 is 0. The molecular formula is C10H17B. The van der Waals surface area contributed by atoms with Gasteiger partial charge in [0.25, 0.3) is 0 Å². The van der Waals surface area contributed by atoms with Crippen LogP contribution in [0.2, 0.25) is 5.82 Å². The minimum atomic E-state index is 0.713. The standard InChI is InChI=1S/C10H17B/c1-5-7-8-10(6-2)11-9(3)4/h5-9,11H,2H2,1,3-4H3/b7-5-,10-8+. The van der Waals surface area contributed by atoms with Gasteiger partial charge < -0.3 is 0 Å². The average Bonchev–Trinajstić information content (AvgIpc) is 1.97. The van der Waals surface area contributed by atoms with Crippen molar-refractivity contribution < 1.29 is 0 Å². The van der Waals surface area contributed by atoms with E-state index in [2.05, 4.69) is 32.6 Å². The predicted molar refractivity (Wildman–Crippen MR) is 55.3 cm³/mol. The maximum absolute atomic E-state index is 3.76. The summed E-state index contributed by atoms with van der Waals surface area (Å²) in [6, 6.07) is 0. The smallest absolute Gasteiger partial charge is 0.0996 e. The van der Waals surface area contributed by atoms with E-state index >= 15 is 0 Å². The van der Waals surface area contributed by atoms with Crippen LogP contribution in [-0.2, 0) is 0 Å². The molecule has 0 fully saturated rings. The van der Waals surface area contributed by atoms with Crippen LogP contribution in [0.1, 0.15) is 20.8 Å². The van der Waals surface area contributed by atoms with Crippen molar-refractivity contribution in [3.63, 3.8) is 0 Å². The van der Waals surface area contributed by atoms with E-state index in [0.29, 0.717) is 5.82 Å². The van der Waals surface area contributed by atoms with E-state index < -0.39 is 0 Å². The summed E-state index contributed by atoms with van der Waals surface area (Å²) in [6.07, 6.45) is 8.14. The molecule has 0 aromatic rings. The third-order valence-electron chi connectivity index (χ3n) is 1.41. The van der Waals surface area contributed by atoms with E-state index in [1.165, 1.54) is 5.47 Å². The Hall–Kier alpha value is -0.715. The summed E-state index contributed by atoms with van der Waals surface area (Å²) in [4.78, 5) is 0. The highest BCUT2D eigenvalue weighted by Gasteiger charge is 1.97. The minimum absolute atomic E-state index is 0.713. The van der Waals surface area contributed by atoms with Crippen LogP contribution >= 0.6 is 0 Å². The maximum Gasteiger partial charge on any atom is 0.160 e. The van der Waals surface area contributed by atoms with Crippen molar-refractivity contribution in [2.45, 2.75) is 26.6 Å². The molecule has 1 heteroatoms. The van der Waals surface area contributed by atoms with E-state index in [1.807, 2.05) is 19.1 Å². The number of allylic oxidation sites excluding steroid dienone is 5. The molecule has 0 heterocycles. The highest BCUT2D eigenvalue weighted by molar-refractivity contribution is 6.48. The zero-order chi connectivity index (χ0) is 8.69. The molecule has 0 aliphatic heterocycles. The zero-order valence-corrected chi connectivity index (χ0v) is 7.80. The first-order valence-electron chi connectivity index (χ1n) is 4.15. The Kier molecular flexibility index (Phi) is 5.63. The van der Waals surface area contributed by atoms with E-state index in [4.69, 9.17) is 0 Å². The van der Waals surface area contributed by atoms with Crippen LogP contribution < -0.4 is 0 Å². The second-order valence-electron chi connectivity index (χ2n) is 3.07. The van der Waals surface area contributed by atoms with Gasteiger partial charge in [0.15, 0.2) is 7.28 Å². The fraction of sp³-hybridized carbons (Fsp3) is 0.400. The van der Waals surface area contributed by atoms with Crippen LogP contribution in [0, 0.1) is 0 Å². The van der Waals surface area contributed by atoms with Gasteiger partial charge in [0.05, 0.1) is 0 Å². The summed E-state index contributed by atoms with van der Waals surface area (Å²) >= 11 is 0. The van der Waals surface area contributed by atoms with E-state index in [1.54, 1.807) is 0 Å². The first-order valence-corrected chi connectivity index (χ1v) is 4.15. The normalized spacial score (nSPS) is 12.5. The molecule has 0 atom stereocenters. The second kappa shape index (κ2) is 6.02. The number of hydrogen-bond donors (Lipinski definition) is 0. The van der Waals surface area contributed by atoms with Crippen molar-refractivity contribution in [2.75, 3.05) is 0 Å². The highest BCUT2D eigenvalue weighted by Crippen LogP contribution is 2.05. The molecule has 0 amide bonds. The van der Waals surface area contributed by atoms with Gasteiger partial charge in [0, 0.05) is 0 Å². The molecule has 0 radical (unpaired) electrons. The van der Waals surface area contributed by atoms with E-state index in [0.717, 1.165) is 7.28 Å². The Morgan fingerprint density at radius 3 is 2.45 bits per heavy atom. The van der Waals surface area contributed by atoms with Crippen LogP contribution in [-0.4, -0.2) is 7.28 Å². The highest BCUT2D eigenvalue weighted by atomic mass is 13.8. The van der Waals surface area contributed by atoms with E-state index in [9.17, 15) is 0 Å². The number of hydrogen-bond acceptors (Lipinski definition) is 0. The van der Waals surface area contributed by atoms with Gasteiger partial charge in [-0.25, -0.2) is 0 Å². The Balaban J connectivity index is 4.04. The second-order valence-corrected chi connectivity index (χ2v) is 3.07. The van der Waals surface area contributed by atoms with Crippen molar-refractivity contribution in [1.29, 1.82) is 0 Å². The van der Waals surface area contributed by atoms with Gasteiger partial charge in [0.1, 0.15) is 0 Å². The maximum atomic E-state index is 3.76. The summed E-state index contributed by atoms with van der Waals surface area (Å²) in [7, 11) is 1.12. The molecule has 0 spiro atoms. The van der Waals surface area contributed by atoms with Crippen LogP contribution in [0.3, 0.4) is 0 Å². The first kappa shape index (κ1) is 10.3. The molecule has 0 saturated heterocycles. The first-order chi connectivity index (χ1) is 5.20. The SMILES string of the molecule is C=C/C(BC(C)C)=C\C=C/C. The molecule has 0 saturated carbocycles. The van der Waals surface area contributed by atoms with E-state index in [-0.39, 0.29) is 0 Å². The predicted octanol–water partition coefficient (Wildman–Crippen LogP) is 2.90. The molecule has 11 heavy (non-hydrogen) atoms. The fourth-order valence-corrected chi connectivity index (χ4v) is 0.911. The molecular weight excluding hydrogens is 131 g/mol. The van der Waals surface area contributed by atoms with Gasteiger partial charge in [-0.3, -0.25) is 0 Å². The molecule has 0 N–H and O–H groups in total. The van der Waals surface area contributed by atoms with Crippen molar-refractivity contribution in [3.05, 3.63) is 36.4 Å². The molecule has 60 valence electrons. The summed E-state index contributed by atoms with van der Waals surface area (Å²) in [5, 5.41) is 0. The topological polar surface area (TPSA) is 0 Å². The summed E-state index contributed by atoms with van der Waals surface area (Å²) in [5.74, 6) is 0.713. The van der Waals surface area contributed by atoms with Gasteiger partial charge in [-0.1, -0.05) is 56.0 Å². The molecule has 0 aromatic heterocycles. The van der Waals surface area contributed by atoms with Crippen LogP contribution in [0.25, 0.3) is 0 Å². The van der Waals surface area contributed by atoms with Crippen molar-refractivity contribution >= 4 is 7.28 Å². The third-order valence-corrected chi connectivity index (χ3v) is 1.41. The molecule has 0 rings (SSSR count). The quantitative estimate of drug-likeness (QED) is 0.424. The Morgan fingerprint density at radius 1 is 1.45 bits per heavy atom. The molecule has 0 bridgehead atoms. The van der Waals surface area contributed by atoms with Crippen molar-refractivity contribution in [1.82, 2.24) is 0 Å². The van der Waals surface area contributed by atoms with Gasteiger partial charge in [0.2, 0.25) is 0 Å². The lowest BCUT2D eigenvalue weighted by atomic mass is 9.60. The van der Waals surface area contributed by atoms with Crippen LogP contribution in [0.5, 0.6) is 0 Å². The molecule has 0 aromatic carbocycles. The van der Waals surface area contributed by atoms with Gasteiger partial charge >= 0.3 is 0 Å². The van der Waals surface area contributed by atoms with Crippen LogP contribution in [0.4, 0.5) is 0 Å². The van der Waals surface area contributed by atoms with Gasteiger partial charge in [-0.15, -0.1) is 0 Å². The lowest BCUT2D eigenvalue weighted by Crippen LogP contribution is -1.97. The molecule has 0 unspecified atom stereocenters. The zero-order valence-electron chi connectivity index (χ0n) is 7.80. The summed E-state index contributed by atoms with van der Waals surface area (Å²) in [5.41, 5.74) is 1.32. The Bertz CT molecular complexity index is 164. The van der Waals surface area contributed by atoms with Gasteiger partial charge in [-0.05, 0) is 6.92 Å².